The molecule has 0 aliphatic heterocycles. The summed E-state index contributed by atoms with van der Waals surface area (Å²) in [4.78, 5) is 10.7. The highest BCUT2D eigenvalue weighted by Gasteiger charge is 2.12. The molecular formula is C6H3AlN4O2. The molecule has 0 fully saturated rings. The summed E-state index contributed by atoms with van der Waals surface area (Å²) in [6, 6.07) is 0. The molecule has 2 rings (SSSR count). The van der Waals surface area contributed by atoms with E-state index in [1.165, 1.54) is 16.1 Å². The molecule has 6 nitrogen and oxygen atoms in total. The predicted octanol–water partition coefficient (Wildman–Crippen LogP) is -0.544. The molecule has 0 saturated heterocycles. The second-order valence-electron chi connectivity index (χ2n) is 2.39. The number of aromatic nitrogens is 4. The fourth-order valence-corrected chi connectivity index (χ4v) is 1.31. The first-order valence-electron chi connectivity index (χ1n) is 3.38. The Kier molecular flexibility index (Phi) is 1.76. The van der Waals surface area contributed by atoms with Crippen LogP contribution in [-0.4, -0.2) is 46.5 Å². The highest BCUT2D eigenvalue weighted by Crippen LogP contribution is 2.13. The SMILES string of the molecule is O=C(O)c1nncc2c1cn[n]2[Al]. The Bertz CT molecular complexity index is 480. The number of aromatic carboxylic acids is 1. The van der Waals surface area contributed by atoms with Crippen molar-refractivity contribution in [1.82, 2.24) is 19.0 Å². The fourth-order valence-electron chi connectivity index (χ4n) is 1.04. The number of nitrogens with zero attached hydrogens (tertiary/aromatic N) is 4. The van der Waals surface area contributed by atoms with E-state index in [2.05, 4.69) is 31.8 Å². The fraction of sp³-hybridized carbons (Fsp3) is 0. The molecule has 2 heterocycles. The Morgan fingerprint density at radius 1 is 1.54 bits per heavy atom. The molecule has 0 aliphatic carbocycles. The molecule has 2 aromatic rings. The molecule has 2 radical (unpaired) electrons. The van der Waals surface area contributed by atoms with Gasteiger partial charge in [0.2, 0.25) is 0 Å². The smallest absolute Gasteiger partial charge is 0.357 e. The molecule has 0 saturated carbocycles. The van der Waals surface area contributed by atoms with Crippen LogP contribution in [-0.2, 0) is 0 Å². The Morgan fingerprint density at radius 2 is 2.31 bits per heavy atom. The third kappa shape index (κ3) is 1.18. The van der Waals surface area contributed by atoms with Gasteiger partial charge in [-0.3, -0.25) is 0 Å². The molecule has 62 valence electrons. The lowest BCUT2D eigenvalue weighted by atomic mass is 10.3. The van der Waals surface area contributed by atoms with Gasteiger partial charge in [0.25, 0.3) is 0 Å². The van der Waals surface area contributed by atoms with E-state index in [-0.39, 0.29) is 5.69 Å². The minimum absolute atomic E-state index is 0.0776. The van der Waals surface area contributed by atoms with Crippen molar-refractivity contribution in [1.29, 1.82) is 0 Å². The maximum absolute atomic E-state index is 10.7. The maximum atomic E-state index is 10.7. The van der Waals surface area contributed by atoms with Crippen LogP contribution in [0.15, 0.2) is 12.4 Å². The third-order valence-electron chi connectivity index (χ3n) is 1.63. The number of carbonyl (C=O) groups is 1. The van der Waals surface area contributed by atoms with Gasteiger partial charge in [0, 0.05) is 0 Å². The van der Waals surface area contributed by atoms with Crippen LogP contribution in [0.25, 0.3) is 10.9 Å². The van der Waals surface area contributed by atoms with Crippen molar-refractivity contribution in [2.75, 3.05) is 0 Å². The van der Waals surface area contributed by atoms with Gasteiger partial charge < -0.3 is 8.77 Å². The van der Waals surface area contributed by atoms with Gasteiger partial charge in [0.15, 0.2) is 5.69 Å². The quantitative estimate of drug-likeness (QED) is 0.610. The van der Waals surface area contributed by atoms with E-state index in [0.29, 0.717) is 10.9 Å². The molecule has 1 N–H and O–H groups in total. The van der Waals surface area contributed by atoms with Crippen LogP contribution in [0.2, 0.25) is 0 Å². The lowest BCUT2D eigenvalue weighted by Gasteiger charge is -1.95. The van der Waals surface area contributed by atoms with Gasteiger partial charge in [-0.2, -0.15) is 5.10 Å². The second kappa shape index (κ2) is 2.80. The summed E-state index contributed by atoms with van der Waals surface area (Å²) < 4.78 is 1.47. The van der Waals surface area contributed by atoms with Crippen LogP contribution in [0.3, 0.4) is 0 Å². The molecule has 0 atom stereocenters. The van der Waals surface area contributed by atoms with Crippen LogP contribution < -0.4 is 0 Å². The third-order valence-corrected chi connectivity index (χ3v) is 2.04. The number of hydrogen-bond donors (Lipinski definition) is 1. The van der Waals surface area contributed by atoms with Crippen molar-refractivity contribution in [3.05, 3.63) is 18.1 Å². The Morgan fingerprint density at radius 3 is 3.00 bits per heavy atom. The van der Waals surface area contributed by atoms with Crippen LogP contribution >= 0.6 is 0 Å². The van der Waals surface area contributed by atoms with Gasteiger partial charge in [-0.15, -0.1) is 5.10 Å². The van der Waals surface area contributed by atoms with E-state index in [1.807, 2.05) is 0 Å². The Labute approximate surface area is 80.8 Å². The highest BCUT2D eigenvalue weighted by atomic mass is 27.1. The van der Waals surface area contributed by atoms with Crippen LogP contribution in [0.5, 0.6) is 0 Å². The first kappa shape index (κ1) is 8.16. The highest BCUT2D eigenvalue weighted by molar-refractivity contribution is 6.12. The number of hydrogen-bond acceptors (Lipinski definition) is 4. The lowest BCUT2D eigenvalue weighted by Crippen LogP contribution is -2.03. The largest absolute Gasteiger partial charge is 0.476 e. The van der Waals surface area contributed by atoms with Gasteiger partial charge in [-0.25, -0.2) is 9.89 Å². The Balaban J connectivity index is 2.84. The van der Waals surface area contributed by atoms with Crippen molar-refractivity contribution in [2.45, 2.75) is 0 Å². The van der Waals surface area contributed by atoms with Crippen molar-refractivity contribution in [3.8, 4) is 0 Å². The molecule has 0 unspecified atom stereocenters. The van der Waals surface area contributed by atoms with Crippen molar-refractivity contribution >= 4 is 33.4 Å². The number of fused-ring (bicyclic) bond motifs is 1. The first-order chi connectivity index (χ1) is 6.20. The van der Waals surface area contributed by atoms with Gasteiger partial charge in [-0.1, -0.05) is 0 Å². The maximum Gasteiger partial charge on any atom is 0.357 e. The molecular weight excluding hydrogens is 187 g/mol. The zero-order valence-corrected chi connectivity index (χ0v) is 7.53. The first-order valence-corrected chi connectivity index (χ1v) is 3.89. The van der Waals surface area contributed by atoms with Gasteiger partial charge >= 0.3 is 22.5 Å². The monoisotopic (exact) mass is 190 g/mol. The van der Waals surface area contributed by atoms with E-state index >= 15 is 0 Å². The number of carboxylic acid groups (broad SMARTS) is 1. The van der Waals surface area contributed by atoms with Crippen LogP contribution in [0.1, 0.15) is 10.5 Å². The minimum atomic E-state index is -1.10. The molecule has 7 heteroatoms. The van der Waals surface area contributed by atoms with Gasteiger partial charge in [-0.05, 0) is 0 Å². The van der Waals surface area contributed by atoms with E-state index in [4.69, 9.17) is 5.11 Å². The summed E-state index contributed by atoms with van der Waals surface area (Å²) >= 11 is 2.33. The average molecular weight is 190 g/mol. The van der Waals surface area contributed by atoms with E-state index in [9.17, 15) is 4.79 Å². The van der Waals surface area contributed by atoms with Gasteiger partial charge in [0.1, 0.15) is 0 Å². The van der Waals surface area contributed by atoms with Crippen molar-refractivity contribution < 1.29 is 9.90 Å². The molecule has 0 amide bonds. The zero-order valence-electron chi connectivity index (χ0n) is 6.38. The number of rotatable bonds is 1. The van der Waals surface area contributed by atoms with E-state index in [1.54, 1.807) is 0 Å². The average Bonchev–Trinajstić information content (AvgIpc) is 2.48. The standard InChI is InChI=1S/C6H4N4O2.Al/c11-6(12)5-3-1-7-9-4(3)2-8-10-5;/h1-2H,(H2,7,8,9,10,11,12);/q;+1/p-1. The van der Waals surface area contributed by atoms with E-state index in [0.717, 1.165) is 0 Å². The van der Waals surface area contributed by atoms with Crippen molar-refractivity contribution in [2.24, 2.45) is 0 Å². The molecule has 2 aromatic heterocycles. The summed E-state index contributed by atoms with van der Waals surface area (Å²) in [5, 5.41) is 20.2. The molecule has 0 aromatic carbocycles. The second-order valence-corrected chi connectivity index (χ2v) is 2.88. The van der Waals surface area contributed by atoms with Crippen molar-refractivity contribution in [3.63, 3.8) is 0 Å². The molecule has 0 spiro atoms. The summed E-state index contributed by atoms with van der Waals surface area (Å²) in [6.45, 7) is 0. The lowest BCUT2D eigenvalue weighted by molar-refractivity contribution is 0.0691. The topological polar surface area (TPSA) is 80.9 Å². The van der Waals surface area contributed by atoms with Crippen LogP contribution in [0, 0.1) is 0 Å². The number of carboxylic acids is 1. The Hall–Kier alpha value is -1.45. The predicted molar refractivity (Wildman–Crippen MR) is 43.4 cm³/mol. The van der Waals surface area contributed by atoms with Gasteiger partial charge in [0.05, 0.1) is 23.3 Å². The summed E-state index contributed by atoms with van der Waals surface area (Å²) in [5.74, 6) is -1.10. The van der Waals surface area contributed by atoms with E-state index < -0.39 is 5.97 Å². The molecule has 0 aliphatic rings. The molecule has 0 bridgehead atoms. The zero-order chi connectivity index (χ0) is 9.42. The summed E-state index contributed by atoms with van der Waals surface area (Å²) in [5.41, 5.74) is 0.545. The summed E-state index contributed by atoms with van der Waals surface area (Å²) in [7, 11) is 0. The normalized spacial score (nSPS) is 10.5. The minimum Gasteiger partial charge on any atom is -0.476 e. The summed E-state index contributed by atoms with van der Waals surface area (Å²) in [6.07, 6.45) is 2.90. The van der Waals surface area contributed by atoms with Crippen LogP contribution in [0.4, 0.5) is 0 Å². The molecule has 13 heavy (non-hydrogen) atoms.